The Hall–Kier alpha value is -0.0400. The smallest absolute Gasteiger partial charge is 0.0537 e. The molecule has 0 aliphatic rings. The van der Waals surface area contributed by atoms with Gasteiger partial charge >= 0.3 is 0 Å². The van der Waals surface area contributed by atoms with E-state index >= 15 is 0 Å². The summed E-state index contributed by atoms with van der Waals surface area (Å²) in [7, 11) is 0. The zero-order valence-corrected chi connectivity index (χ0v) is 8.35. The zero-order valence-electron chi connectivity index (χ0n) is 8.35. The summed E-state index contributed by atoms with van der Waals surface area (Å²) in [6, 6.07) is 0. The molecule has 0 heterocycles. The van der Waals surface area contributed by atoms with Gasteiger partial charge in [0.2, 0.25) is 0 Å². The molecule has 1 heteroatoms. The quantitative estimate of drug-likeness (QED) is 0.667. The Morgan fingerprint density at radius 1 is 1.27 bits per heavy atom. The number of aliphatic hydroxyl groups is 1. The van der Waals surface area contributed by atoms with E-state index in [4.69, 9.17) is 0 Å². The first kappa shape index (κ1) is 11.0. The Morgan fingerprint density at radius 3 is 2.18 bits per heavy atom. The number of hydrogen-bond donors (Lipinski definition) is 1. The molecule has 1 nitrogen and oxygen atoms in total. The molecule has 0 amide bonds. The van der Waals surface area contributed by atoms with Crippen LogP contribution in [0, 0.1) is 5.41 Å². The second-order valence-electron chi connectivity index (χ2n) is 4.51. The highest BCUT2D eigenvalue weighted by Gasteiger charge is 2.10. The van der Waals surface area contributed by atoms with Crippen LogP contribution < -0.4 is 0 Å². The lowest BCUT2D eigenvalue weighted by molar-refractivity contribution is 0.151. The average Bonchev–Trinajstić information content (AvgIpc) is 1.85. The maximum absolute atomic E-state index is 9.25. The van der Waals surface area contributed by atoms with Gasteiger partial charge in [-0.1, -0.05) is 34.1 Å². The molecular weight excluding hydrogens is 136 g/mol. The first-order valence-corrected chi connectivity index (χ1v) is 4.64. The van der Waals surface area contributed by atoms with Crippen molar-refractivity contribution in [2.75, 3.05) is 0 Å². The second-order valence-corrected chi connectivity index (χ2v) is 4.51. The van der Waals surface area contributed by atoms with E-state index in [1.54, 1.807) is 0 Å². The highest BCUT2D eigenvalue weighted by atomic mass is 16.3. The highest BCUT2D eigenvalue weighted by molar-refractivity contribution is 4.62. The molecule has 0 aromatic rings. The Kier molecular flexibility index (Phi) is 4.74. The van der Waals surface area contributed by atoms with Crippen molar-refractivity contribution in [3.05, 3.63) is 0 Å². The van der Waals surface area contributed by atoms with E-state index in [0.717, 1.165) is 19.3 Å². The first-order chi connectivity index (χ1) is 4.95. The average molecular weight is 158 g/mol. The van der Waals surface area contributed by atoms with Crippen molar-refractivity contribution in [2.24, 2.45) is 5.41 Å². The van der Waals surface area contributed by atoms with E-state index in [2.05, 4.69) is 20.8 Å². The fourth-order valence-electron chi connectivity index (χ4n) is 1.07. The van der Waals surface area contributed by atoms with E-state index in [9.17, 15) is 5.11 Å². The Labute approximate surface area is 70.8 Å². The lowest BCUT2D eigenvalue weighted by Gasteiger charge is -2.18. The monoisotopic (exact) mass is 158 g/mol. The number of aliphatic hydroxyl groups excluding tert-OH is 1. The van der Waals surface area contributed by atoms with Gasteiger partial charge in [0, 0.05) is 0 Å². The number of rotatable bonds is 4. The van der Waals surface area contributed by atoms with Crippen LogP contribution in [-0.2, 0) is 0 Å². The minimum atomic E-state index is -0.0719. The summed E-state index contributed by atoms with van der Waals surface area (Å²) in [5, 5.41) is 9.25. The van der Waals surface area contributed by atoms with Crippen molar-refractivity contribution < 1.29 is 5.11 Å². The SMILES string of the molecule is CC[C@@H](O)CCCC(C)(C)C. The molecule has 11 heavy (non-hydrogen) atoms. The van der Waals surface area contributed by atoms with E-state index in [0.29, 0.717) is 5.41 Å². The van der Waals surface area contributed by atoms with Crippen LogP contribution in [0.2, 0.25) is 0 Å². The lowest BCUT2D eigenvalue weighted by Crippen LogP contribution is -2.08. The molecule has 0 spiro atoms. The molecule has 0 aromatic carbocycles. The van der Waals surface area contributed by atoms with Gasteiger partial charge in [-0.05, 0) is 24.7 Å². The molecule has 0 rings (SSSR count). The molecule has 0 saturated heterocycles. The number of hydrogen-bond acceptors (Lipinski definition) is 1. The van der Waals surface area contributed by atoms with Gasteiger partial charge in [-0.25, -0.2) is 0 Å². The molecule has 0 aliphatic carbocycles. The van der Waals surface area contributed by atoms with Gasteiger partial charge < -0.3 is 5.11 Å². The van der Waals surface area contributed by atoms with Gasteiger partial charge in [-0.2, -0.15) is 0 Å². The second kappa shape index (κ2) is 4.76. The topological polar surface area (TPSA) is 20.2 Å². The van der Waals surface area contributed by atoms with Gasteiger partial charge in [0.15, 0.2) is 0 Å². The third kappa shape index (κ3) is 7.86. The minimum absolute atomic E-state index is 0.0719. The van der Waals surface area contributed by atoms with Crippen LogP contribution in [0.3, 0.4) is 0 Å². The fraction of sp³-hybridized carbons (Fsp3) is 1.00. The maximum Gasteiger partial charge on any atom is 0.0537 e. The molecular formula is C10H22O. The molecule has 0 radical (unpaired) electrons. The van der Waals surface area contributed by atoms with Crippen LogP contribution >= 0.6 is 0 Å². The summed E-state index contributed by atoms with van der Waals surface area (Å²) in [5.74, 6) is 0. The van der Waals surface area contributed by atoms with Crippen molar-refractivity contribution in [1.82, 2.24) is 0 Å². The first-order valence-electron chi connectivity index (χ1n) is 4.64. The zero-order chi connectivity index (χ0) is 8.91. The predicted octanol–water partition coefficient (Wildman–Crippen LogP) is 2.97. The molecule has 0 aliphatic heterocycles. The Bertz CT molecular complexity index is 91.5. The molecule has 0 bridgehead atoms. The molecule has 0 aromatic heterocycles. The fourth-order valence-corrected chi connectivity index (χ4v) is 1.07. The largest absolute Gasteiger partial charge is 0.393 e. The van der Waals surface area contributed by atoms with Crippen molar-refractivity contribution >= 4 is 0 Å². The molecule has 68 valence electrons. The normalized spacial score (nSPS) is 15.0. The van der Waals surface area contributed by atoms with E-state index in [1.807, 2.05) is 6.92 Å². The molecule has 0 fully saturated rings. The van der Waals surface area contributed by atoms with E-state index < -0.39 is 0 Å². The third-order valence-electron chi connectivity index (χ3n) is 1.94. The molecule has 1 atom stereocenters. The van der Waals surface area contributed by atoms with Gasteiger partial charge in [0.1, 0.15) is 0 Å². The van der Waals surface area contributed by atoms with Crippen molar-refractivity contribution in [3.63, 3.8) is 0 Å². The summed E-state index contributed by atoms with van der Waals surface area (Å²) in [6.07, 6.45) is 4.15. The predicted molar refractivity (Wildman–Crippen MR) is 49.6 cm³/mol. The Morgan fingerprint density at radius 2 is 1.82 bits per heavy atom. The van der Waals surface area contributed by atoms with E-state index in [1.165, 1.54) is 6.42 Å². The Balaban J connectivity index is 3.28. The van der Waals surface area contributed by atoms with Crippen LogP contribution in [0.1, 0.15) is 53.4 Å². The molecule has 0 saturated carbocycles. The summed E-state index contributed by atoms with van der Waals surface area (Å²) in [5.41, 5.74) is 0.424. The highest BCUT2D eigenvalue weighted by Crippen LogP contribution is 2.22. The summed E-state index contributed by atoms with van der Waals surface area (Å²) < 4.78 is 0. The standard InChI is InChI=1S/C10H22O/c1-5-9(11)7-6-8-10(2,3)4/h9,11H,5-8H2,1-4H3/t9-/m1/s1. The van der Waals surface area contributed by atoms with Gasteiger partial charge in [0.05, 0.1) is 6.10 Å². The van der Waals surface area contributed by atoms with Crippen molar-refractivity contribution in [1.29, 1.82) is 0 Å². The maximum atomic E-state index is 9.25. The van der Waals surface area contributed by atoms with Crippen molar-refractivity contribution in [2.45, 2.75) is 59.5 Å². The van der Waals surface area contributed by atoms with E-state index in [-0.39, 0.29) is 6.10 Å². The molecule has 0 unspecified atom stereocenters. The summed E-state index contributed by atoms with van der Waals surface area (Å²) in [6.45, 7) is 8.75. The van der Waals surface area contributed by atoms with Crippen LogP contribution in [0.5, 0.6) is 0 Å². The van der Waals surface area contributed by atoms with Crippen LogP contribution in [0.25, 0.3) is 0 Å². The van der Waals surface area contributed by atoms with Crippen molar-refractivity contribution in [3.8, 4) is 0 Å². The van der Waals surface area contributed by atoms with Crippen LogP contribution in [-0.4, -0.2) is 11.2 Å². The van der Waals surface area contributed by atoms with Gasteiger partial charge in [-0.15, -0.1) is 0 Å². The van der Waals surface area contributed by atoms with Crippen LogP contribution in [0.15, 0.2) is 0 Å². The third-order valence-corrected chi connectivity index (χ3v) is 1.94. The van der Waals surface area contributed by atoms with Crippen LogP contribution in [0.4, 0.5) is 0 Å². The minimum Gasteiger partial charge on any atom is -0.393 e. The summed E-state index contributed by atoms with van der Waals surface area (Å²) >= 11 is 0. The lowest BCUT2D eigenvalue weighted by atomic mass is 9.89. The van der Waals surface area contributed by atoms with Gasteiger partial charge in [0.25, 0.3) is 0 Å². The summed E-state index contributed by atoms with van der Waals surface area (Å²) in [4.78, 5) is 0. The van der Waals surface area contributed by atoms with Gasteiger partial charge in [-0.3, -0.25) is 0 Å². The molecule has 1 N–H and O–H groups in total.